The second-order valence-electron chi connectivity index (χ2n) is 3.82. The molecule has 0 heterocycles. The first-order chi connectivity index (χ1) is 6.99. The topological polar surface area (TPSA) is 17.1 Å². The normalized spacial score (nSPS) is 18.6. The van der Waals surface area contributed by atoms with Crippen LogP contribution in [0, 0.1) is 0 Å². The van der Waals surface area contributed by atoms with Crippen LogP contribution in [0.2, 0.25) is 0 Å². The van der Waals surface area contributed by atoms with Crippen LogP contribution < -0.4 is 0 Å². The van der Waals surface area contributed by atoms with E-state index in [0.717, 1.165) is 0 Å². The lowest BCUT2D eigenvalue weighted by Gasteiger charge is -2.19. The van der Waals surface area contributed by atoms with E-state index in [1.54, 1.807) is 0 Å². The summed E-state index contributed by atoms with van der Waals surface area (Å²) in [5.74, 6) is 0. The van der Waals surface area contributed by atoms with E-state index >= 15 is 0 Å². The van der Waals surface area contributed by atoms with Crippen LogP contribution in [0.1, 0.15) is 28.8 Å². The summed E-state index contributed by atoms with van der Waals surface area (Å²) in [4.78, 5) is 10.5. The number of rotatable bonds is 2. The van der Waals surface area contributed by atoms with Crippen molar-refractivity contribution < 1.29 is 18.0 Å². The van der Waals surface area contributed by atoms with Crippen molar-refractivity contribution in [3.8, 4) is 0 Å². The minimum atomic E-state index is -4.21. The molecule has 0 atom stereocenters. The Morgan fingerprint density at radius 3 is 2.40 bits per heavy atom. The molecule has 0 amide bonds. The van der Waals surface area contributed by atoms with Crippen LogP contribution in [0.3, 0.4) is 0 Å². The summed E-state index contributed by atoms with van der Waals surface area (Å²) in [6, 6.07) is 5.76. The molecule has 0 radical (unpaired) electrons. The first-order valence-electron chi connectivity index (χ1n) is 4.62. The molecule has 1 aromatic rings. The summed E-state index contributed by atoms with van der Waals surface area (Å²) in [5.41, 5.74) is -1.19. The first kappa shape index (κ1) is 10.2. The van der Waals surface area contributed by atoms with E-state index in [-0.39, 0.29) is 18.4 Å². The number of carbonyl (C=O) groups excluding carboxylic acids is 1. The lowest BCUT2D eigenvalue weighted by Crippen LogP contribution is -2.28. The molecule has 0 saturated heterocycles. The Kier molecular flexibility index (Phi) is 2.10. The maximum absolute atomic E-state index is 12.7. The van der Waals surface area contributed by atoms with Crippen molar-refractivity contribution >= 4 is 6.29 Å². The summed E-state index contributed by atoms with van der Waals surface area (Å²) in [6.07, 6.45) is -3.40. The quantitative estimate of drug-likeness (QED) is 0.691. The van der Waals surface area contributed by atoms with Gasteiger partial charge >= 0.3 is 6.18 Å². The summed E-state index contributed by atoms with van der Waals surface area (Å²) in [6.45, 7) is 0. The van der Waals surface area contributed by atoms with Gasteiger partial charge in [-0.05, 0) is 24.5 Å². The molecule has 0 aromatic heterocycles. The maximum Gasteiger partial charge on any atom is 0.398 e. The largest absolute Gasteiger partial charge is 0.398 e. The van der Waals surface area contributed by atoms with Crippen LogP contribution in [0.4, 0.5) is 13.2 Å². The highest BCUT2D eigenvalue weighted by atomic mass is 19.4. The van der Waals surface area contributed by atoms with Gasteiger partial charge in [-0.2, -0.15) is 13.2 Å². The van der Waals surface area contributed by atoms with Gasteiger partial charge in [0.15, 0.2) is 0 Å². The molecule has 0 aliphatic heterocycles. The second kappa shape index (κ2) is 3.08. The molecule has 1 fully saturated rings. The van der Waals surface area contributed by atoms with Gasteiger partial charge in [0, 0.05) is 5.56 Å². The molecule has 0 unspecified atom stereocenters. The predicted octanol–water partition coefficient (Wildman–Crippen LogP) is 3.09. The third kappa shape index (κ3) is 1.54. The molecule has 2 rings (SSSR count). The number of alkyl halides is 3. The molecule has 1 aliphatic rings. The average molecular weight is 214 g/mol. The van der Waals surface area contributed by atoms with E-state index < -0.39 is 11.6 Å². The second-order valence-corrected chi connectivity index (χ2v) is 3.82. The predicted molar refractivity (Wildman–Crippen MR) is 48.8 cm³/mol. The molecule has 0 N–H and O–H groups in total. The highest BCUT2D eigenvalue weighted by Gasteiger charge is 2.64. The van der Waals surface area contributed by atoms with Gasteiger partial charge in [-0.15, -0.1) is 0 Å². The molecule has 1 saturated carbocycles. The Balaban J connectivity index is 2.42. The van der Waals surface area contributed by atoms with Crippen LogP contribution in [0.15, 0.2) is 24.3 Å². The monoisotopic (exact) mass is 214 g/mol. The fraction of sp³-hybridized carbons (Fsp3) is 0.364. The number of aldehydes is 1. The Hall–Kier alpha value is -1.32. The van der Waals surface area contributed by atoms with E-state index in [9.17, 15) is 18.0 Å². The van der Waals surface area contributed by atoms with E-state index in [1.807, 2.05) is 0 Å². The molecule has 80 valence electrons. The Morgan fingerprint density at radius 2 is 1.93 bits per heavy atom. The van der Waals surface area contributed by atoms with Crippen LogP contribution in [-0.4, -0.2) is 12.5 Å². The number of benzene rings is 1. The van der Waals surface area contributed by atoms with Crippen molar-refractivity contribution in [1.29, 1.82) is 0 Å². The summed E-state index contributed by atoms with van der Waals surface area (Å²) in [7, 11) is 0. The molecule has 1 aromatic carbocycles. The van der Waals surface area contributed by atoms with Gasteiger partial charge in [-0.25, -0.2) is 0 Å². The zero-order valence-electron chi connectivity index (χ0n) is 7.84. The molecule has 1 nitrogen and oxygen atoms in total. The van der Waals surface area contributed by atoms with Crippen LogP contribution >= 0.6 is 0 Å². The standard InChI is InChI=1S/C11H9F3O/c12-11(13,14)10(4-5-10)9-3-1-2-8(6-9)7-15/h1-3,6-7H,4-5H2. The van der Waals surface area contributed by atoms with Gasteiger partial charge in [-0.1, -0.05) is 18.2 Å². The van der Waals surface area contributed by atoms with Crippen LogP contribution in [-0.2, 0) is 5.41 Å². The lowest BCUT2D eigenvalue weighted by molar-refractivity contribution is -0.160. The smallest absolute Gasteiger partial charge is 0.298 e. The van der Waals surface area contributed by atoms with Gasteiger partial charge in [0.05, 0.1) is 5.41 Å². The zero-order valence-corrected chi connectivity index (χ0v) is 7.84. The fourth-order valence-electron chi connectivity index (χ4n) is 1.77. The Morgan fingerprint density at radius 1 is 1.27 bits per heavy atom. The van der Waals surface area contributed by atoms with Crippen molar-refractivity contribution in [3.05, 3.63) is 35.4 Å². The van der Waals surface area contributed by atoms with Crippen molar-refractivity contribution in [1.82, 2.24) is 0 Å². The van der Waals surface area contributed by atoms with Gasteiger partial charge in [-0.3, -0.25) is 4.79 Å². The summed E-state index contributed by atoms with van der Waals surface area (Å²) < 4.78 is 38.2. The van der Waals surface area contributed by atoms with Crippen molar-refractivity contribution in [3.63, 3.8) is 0 Å². The molecular weight excluding hydrogens is 205 g/mol. The molecular formula is C11H9F3O. The van der Waals surface area contributed by atoms with Crippen molar-refractivity contribution in [2.75, 3.05) is 0 Å². The van der Waals surface area contributed by atoms with E-state index in [4.69, 9.17) is 0 Å². The molecule has 1 aliphatic carbocycles. The van der Waals surface area contributed by atoms with E-state index in [2.05, 4.69) is 0 Å². The minimum Gasteiger partial charge on any atom is -0.298 e. The molecule has 15 heavy (non-hydrogen) atoms. The molecule has 0 spiro atoms. The third-order valence-electron chi connectivity index (χ3n) is 2.87. The third-order valence-corrected chi connectivity index (χ3v) is 2.87. The SMILES string of the molecule is O=Cc1cccc(C2(C(F)(F)F)CC2)c1. The van der Waals surface area contributed by atoms with Crippen molar-refractivity contribution in [2.24, 2.45) is 0 Å². The van der Waals surface area contributed by atoms with Crippen LogP contribution in [0.5, 0.6) is 0 Å². The fourth-order valence-corrected chi connectivity index (χ4v) is 1.77. The van der Waals surface area contributed by atoms with Crippen LogP contribution in [0.25, 0.3) is 0 Å². The zero-order chi connectivity index (χ0) is 11.1. The highest BCUT2D eigenvalue weighted by molar-refractivity contribution is 5.75. The van der Waals surface area contributed by atoms with Gasteiger partial charge < -0.3 is 0 Å². The Labute approximate surface area is 84.9 Å². The molecule has 4 heteroatoms. The highest BCUT2D eigenvalue weighted by Crippen LogP contribution is 2.58. The summed E-state index contributed by atoms with van der Waals surface area (Å²) in [5, 5.41) is 0. The Bertz CT molecular complexity index is 391. The van der Waals surface area contributed by atoms with Gasteiger partial charge in [0.1, 0.15) is 6.29 Å². The number of halogens is 3. The molecule has 0 bridgehead atoms. The number of carbonyl (C=O) groups is 1. The lowest BCUT2D eigenvalue weighted by atomic mass is 9.94. The van der Waals surface area contributed by atoms with Gasteiger partial charge in [0.2, 0.25) is 0 Å². The number of hydrogen-bond donors (Lipinski definition) is 0. The maximum atomic E-state index is 12.7. The average Bonchev–Trinajstić information content (AvgIpc) is 2.97. The van der Waals surface area contributed by atoms with E-state index in [0.29, 0.717) is 11.8 Å². The van der Waals surface area contributed by atoms with Gasteiger partial charge in [0.25, 0.3) is 0 Å². The number of hydrogen-bond acceptors (Lipinski definition) is 1. The first-order valence-corrected chi connectivity index (χ1v) is 4.62. The minimum absolute atomic E-state index is 0.124. The van der Waals surface area contributed by atoms with Crippen molar-refractivity contribution in [2.45, 2.75) is 24.4 Å². The van der Waals surface area contributed by atoms with E-state index in [1.165, 1.54) is 24.3 Å². The summed E-state index contributed by atoms with van der Waals surface area (Å²) >= 11 is 0.